The van der Waals surface area contributed by atoms with E-state index < -0.39 is 0 Å². The highest BCUT2D eigenvalue weighted by Gasteiger charge is 2.25. The minimum atomic E-state index is -0.277. The molecule has 1 fully saturated rings. The van der Waals surface area contributed by atoms with Gasteiger partial charge in [0.25, 0.3) is 0 Å². The van der Waals surface area contributed by atoms with Gasteiger partial charge in [0.15, 0.2) is 0 Å². The summed E-state index contributed by atoms with van der Waals surface area (Å²) < 4.78 is 4.89. The first kappa shape index (κ1) is 16.8. The van der Waals surface area contributed by atoms with Crippen molar-refractivity contribution in [1.29, 1.82) is 0 Å². The first-order chi connectivity index (χ1) is 10.6. The molecule has 1 aliphatic heterocycles. The smallest absolute Gasteiger partial charge is 0.248 e. The summed E-state index contributed by atoms with van der Waals surface area (Å²) in [7, 11) is 1.52. The summed E-state index contributed by atoms with van der Waals surface area (Å²) in [6, 6.07) is -0.277. The lowest BCUT2D eigenvalue weighted by Gasteiger charge is -2.26. The van der Waals surface area contributed by atoms with Crippen LogP contribution in [0.2, 0.25) is 0 Å². The Labute approximate surface area is 133 Å². The van der Waals surface area contributed by atoms with E-state index in [1.54, 1.807) is 10.4 Å². The van der Waals surface area contributed by atoms with Gasteiger partial charge in [-0.15, -0.1) is 10.2 Å². The molecule has 0 aromatic carbocycles. The SMILES string of the molecule is COCC(=O)N1CCCN([C@@H](C)C(=O)Nc2nncs2)CC1. The molecule has 0 unspecified atom stereocenters. The molecule has 22 heavy (non-hydrogen) atoms. The molecular formula is C13H21N5O3S. The van der Waals surface area contributed by atoms with Crippen molar-refractivity contribution in [3.8, 4) is 0 Å². The lowest BCUT2D eigenvalue weighted by atomic mass is 10.2. The van der Waals surface area contributed by atoms with Crippen LogP contribution in [0.3, 0.4) is 0 Å². The van der Waals surface area contributed by atoms with E-state index >= 15 is 0 Å². The van der Waals surface area contributed by atoms with Gasteiger partial charge in [-0.1, -0.05) is 11.3 Å². The number of carbonyl (C=O) groups excluding carboxylic acids is 2. The van der Waals surface area contributed by atoms with Gasteiger partial charge in [0.05, 0.1) is 6.04 Å². The summed E-state index contributed by atoms with van der Waals surface area (Å²) in [4.78, 5) is 28.0. The Morgan fingerprint density at radius 3 is 2.91 bits per heavy atom. The third-order valence-corrected chi connectivity index (χ3v) is 4.28. The third-order valence-electron chi connectivity index (χ3n) is 3.67. The predicted molar refractivity (Wildman–Crippen MR) is 82.6 cm³/mol. The Kier molecular flexibility index (Phi) is 6.22. The van der Waals surface area contributed by atoms with Crippen LogP contribution >= 0.6 is 11.3 Å². The topological polar surface area (TPSA) is 87.7 Å². The van der Waals surface area contributed by atoms with Gasteiger partial charge in [-0.05, 0) is 13.3 Å². The number of hydrogen-bond donors (Lipinski definition) is 1. The van der Waals surface area contributed by atoms with Gasteiger partial charge in [-0.2, -0.15) is 0 Å². The van der Waals surface area contributed by atoms with Crippen LogP contribution in [-0.2, 0) is 14.3 Å². The Bertz CT molecular complexity index is 496. The Morgan fingerprint density at radius 1 is 1.41 bits per heavy atom. The molecule has 0 aliphatic carbocycles. The largest absolute Gasteiger partial charge is 0.375 e. The van der Waals surface area contributed by atoms with Gasteiger partial charge in [0, 0.05) is 33.3 Å². The van der Waals surface area contributed by atoms with Crippen molar-refractivity contribution in [1.82, 2.24) is 20.0 Å². The predicted octanol–water partition coefficient (Wildman–Crippen LogP) is 0.0458. The molecular weight excluding hydrogens is 306 g/mol. The monoisotopic (exact) mass is 327 g/mol. The molecule has 0 saturated carbocycles. The van der Waals surface area contributed by atoms with Crippen LogP contribution in [0.15, 0.2) is 5.51 Å². The van der Waals surface area contributed by atoms with Crippen LogP contribution in [0.25, 0.3) is 0 Å². The summed E-state index contributed by atoms with van der Waals surface area (Å²) in [5.74, 6) is -0.108. The number of carbonyl (C=O) groups is 2. The van der Waals surface area contributed by atoms with E-state index in [1.165, 1.54) is 18.4 Å². The van der Waals surface area contributed by atoms with Gasteiger partial charge in [0.2, 0.25) is 16.9 Å². The van der Waals surface area contributed by atoms with Gasteiger partial charge in [-0.25, -0.2) is 0 Å². The van der Waals surface area contributed by atoms with Gasteiger partial charge in [-0.3, -0.25) is 19.8 Å². The summed E-state index contributed by atoms with van der Waals surface area (Å²) >= 11 is 1.29. The number of hydrogen-bond acceptors (Lipinski definition) is 7. The van der Waals surface area contributed by atoms with E-state index in [0.717, 1.165) is 13.0 Å². The Balaban J connectivity index is 1.87. The molecule has 9 heteroatoms. The zero-order valence-corrected chi connectivity index (χ0v) is 13.6. The van der Waals surface area contributed by atoms with Crippen LogP contribution in [0.4, 0.5) is 5.13 Å². The van der Waals surface area contributed by atoms with E-state index in [-0.39, 0.29) is 24.5 Å². The molecule has 2 amide bonds. The van der Waals surface area contributed by atoms with Gasteiger partial charge in [0.1, 0.15) is 12.1 Å². The highest BCUT2D eigenvalue weighted by atomic mass is 32.1. The maximum Gasteiger partial charge on any atom is 0.248 e. The molecule has 2 heterocycles. The number of methoxy groups -OCH3 is 1. The fourth-order valence-corrected chi connectivity index (χ4v) is 2.84. The summed E-state index contributed by atoms with van der Waals surface area (Å²) in [6.45, 7) is 4.72. The van der Waals surface area contributed by atoms with Crippen molar-refractivity contribution in [2.75, 3.05) is 45.2 Å². The molecule has 0 radical (unpaired) electrons. The minimum absolute atomic E-state index is 0.00434. The van der Waals surface area contributed by atoms with E-state index in [1.807, 2.05) is 6.92 Å². The van der Waals surface area contributed by atoms with E-state index in [9.17, 15) is 9.59 Å². The van der Waals surface area contributed by atoms with Crippen LogP contribution in [0, 0.1) is 0 Å². The number of nitrogens with zero attached hydrogens (tertiary/aromatic N) is 4. The van der Waals surface area contributed by atoms with E-state index in [0.29, 0.717) is 24.8 Å². The van der Waals surface area contributed by atoms with Crippen LogP contribution in [-0.4, -0.2) is 77.7 Å². The molecule has 1 aromatic rings. The lowest BCUT2D eigenvalue weighted by molar-refractivity contribution is -0.135. The molecule has 1 atom stereocenters. The molecule has 1 N–H and O–H groups in total. The highest BCUT2D eigenvalue weighted by molar-refractivity contribution is 7.13. The number of amides is 2. The number of rotatable bonds is 5. The maximum atomic E-state index is 12.2. The van der Waals surface area contributed by atoms with Crippen molar-refractivity contribution in [2.24, 2.45) is 0 Å². The fraction of sp³-hybridized carbons (Fsp3) is 0.692. The fourth-order valence-electron chi connectivity index (χ4n) is 2.39. The molecule has 1 saturated heterocycles. The molecule has 1 aromatic heterocycles. The van der Waals surface area contributed by atoms with Crippen LogP contribution in [0.5, 0.6) is 0 Å². The van der Waals surface area contributed by atoms with Crippen molar-refractivity contribution in [3.63, 3.8) is 0 Å². The number of anilines is 1. The molecule has 0 bridgehead atoms. The molecule has 122 valence electrons. The van der Waals surface area contributed by atoms with Crippen molar-refractivity contribution in [2.45, 2.75) is 19.4 Å². The Hall–Kier alpha value is -1.58. The molecule has 0 spiro atoms. The standard InChI is InChI=1S/C13H21N5O3S/c1-10(12(20)15-13-16-14-9-22-13)17-4-3-5-18(7-6-17)11(19)8-21-2/h9-10H,3-8H2,1-2H3,(H,15,16,20)/t10-/m0/s1. The minimum Gasteiger partial charge on any atom is -0.375 e. The second-order valence-corrected chi connectivity index (χ2v) is 5.95. The number of nitrogens with one attached hydrogen (secondary N) is 1. The quantitative estimate of drug-likeness (QED) is 0.822. The summed E-state index contributed by atoms with van der Waals surface area (Å²) in [6.07, 6.45) is 0.839. The first-order valence-corrected chi connectivity index (χ1v) is 8.07. The second kappa shape index (κ2) is 8.16. The van der Waals surface area contributed by atoms with Crippen LogP contribution < -0.4 is 5.32 Å². The average molecular weight is 327 g/mol. The van der Waals surface area contributed by atoms with E-state index in [2.05, 4.69) is 20.4 Å². The maximum absolute atomic E-state index is 12.2. The van der Waals surface area contributed by atoms with Crippen molar-refractivity contribution < 1.29 is 14.3 Å². The normalized spacial score (nSPS) is 17.8. The zero-order chi connectivity index (χ0) is 15.9. The average Bonchev–Trinajstić information content (AvgIpc) is 2.88. The van der Waals surface area contributed by atoms with Gasteiger partial charge < -0.3 is 9.64 Å². The molecule has 2 rings (SSSR count). The summed E-state index contributed by atoms with van der Waals surface area (Å²) in [5, 5.41) is 10.8. The third kappa shape index (κ3) is 4.46. The highest BCUT2D eigenvalue weighted by Crippen LogP contribution is 2.12. The molecule has 1 aliphatic rings. The zero-order valence-electron chi connectivity index (χ0n) is 12.8. The number of ether oxygens (including phenoxy) is 1. The molecule has 8 nitrogen and oxygen atoms in total. The lowest BCUT2D eigenvalue weighted by Crippen LogP contribution is -2.44. The Morgan fingerprint density at radius 2 is 2.23 bits per heavy atom. The van der Waals surface area contributed by atoms with Gasteiger partial charge >= 0.3 is 0 Å². The van der Waals surface area contributed by atoms with Crippen LogP contribution in [0.1, 0.15) is 13.3 Å². The first-order valence-electron chi connectivity index (χ1n) is 7.19. The van der Waals surface area contributed by atoms with Crippen molar-refractivity contribution >= 4 is 28.3 Å². The number of aromatic nitrogens is 2. The van der Waals surface area contributed by atoms with Crippen molar-refractivity contribution in [3.05, 3.63) is 5.51 Å². The summed E-state index contributed by atoms with van der Waals surface area (Å²) in [5.41, 5.74) is 1.57. The second-order valence-electron chi connectivity index (χ2n) is 5.11. The van der Waals surface area contributed by atoms with E-state index in [4.69, 9.17) is 4.74 Å².